The predicted octanol–water partition coefficient (Wildman–Crippen LogP) is 2.04. The molecule has 0 saturated carbocycles. The van der Waals surface area contributed by atoms with Crippen molar-refractivity contribution < 1.29 is 14.7 Å². The van der Waals surface area contributed by atoms with Crippen molar-refractivity contribution in [2.75, 3.05) is 6.54 Å². The van der Waals surface area contributed by atoms with Crippen molar-refractivity contribution in [3.8, 4) is 0 Å². The van der Waals surface area contributed by atoms with Gasteiger partial charge in [0.2, 0.25) is 0 Å². The molecule has 0 fully saturated rings. The van der Waals surface area contributed by atoms with Crippen LogP contribution in [-0.2, 0) is 11.3 Å². The van der Waals surface area contributed by atoms with Gasteiger partial charge < -0.3 is 10.4 Å². The molecule has 22 heavy (non-hydrogen) atoms. The van der Waals surface area contributed by atoms with Crippen LogP contribution < -0.4 is 5.32 Å². The zero-order valence-electron chi connectivity index (χ0n) is 12.0. The second-order valence-electron chi connectivity index (χ2n) is 4.97. The molecular weight excluding hydrogens is 306 g/mol. The van der Waals surface area contributed by atoms with Crippen molar-refractivity contribution in [3.63, 3.8) is 0 Å². The zero-order chi connectivity index (χ0) is 16.1. The van der Waals surface area contributed by atoms with Gasteiger partial charge in [0.25, 0.3) is 5.91 Å². The van der Waals surface area contributed by atoms with Crippen molar-refractivity contribution in [3.05, 3.63) is 52.8 Å². The summed E-state index contributed by atoms with van der Waals surface area (Å²) in [6, 6.07) is 7.41. The lowest BCUT2D eigenvalue weighted by atomic mass is 10.2. The fourth-order valence-corrected chi connectivity index (χ4v) is 2.00. The Balaban J connectivity index is 1.98. The first kappa shape index (κ1) is 16.0. The van der Waals surface area contributed by atoms with Gasteiger partial charge in [-0.25, -0.2) is 0 Å². The summed E-state index contributed by atoms with van der Waals surface area (Å²) in [5.41, 5.74) is 1.28. The van der Waals surface area contributed by atoms with Crippen LogP contribution in [0.3, 0.4) is 0 Å². The van der Waals surface area contributed by atoms with Gasteiger partial charge in [0.05, 0.1) is 24.2 Å². The molecule has 7 heteroatoms. The Morgan fingerprint density at radius 3 is 2.82 bits per heavy atom. The second-order valence-corrected chi connectivity index (χ2v) is 5.37. The highest BCUT2D eigenvalue weighted by Gasteiger charge is 2.14. The molecule has 1 aromatic carbocycles. The zero-order valence-corrected chi connectivity index (χ0v) is 12.7. The van der Waals surface area contributed by atoms with Crippen LogP contribution in [0.1, 0.15) is 22.8 Å². The van der Waals surface area contributed by atoms with E-state index in [2.05, 4.69) is 10.4 Å². The number of carboxylic acids is 1. The highest BCUT2D eigenvalue weighted by atomic mass is 35.5. The molecule has 1 heterocycles. The first-order valence-corrected chi connectivity index (χ1v) is 7.12. The number of hydrogen-bond donors (Lipinski definition) is 2. The maximum absolute atomic E-state index is 11.9. The normalized spacial score (nSPS) is 11.9. The van der Waals surface area contributed by atoms with E-state index in [4.69, 9.17) is 16.7 Å². The van der Waals surface area contributed by atoms with Gasteiger partial charge in [-0.05, 0) is 11.6 Å². The van der Waals surface area contributed by atoms with Crippen LogP contribution in [-0.4, -0.2) is 33.3 Å². The molecule has 116 valence electrons. The van der Waals surface area contributed by atoms with Crippen LogP contribution in [0.2, 0.25) is 5.02 Å². The largest absolute Gasteiger partial charge is 0.481 e. The highest BCUT2D eigenvalue weighted by molar-refractivity contribution is 6.31. The molecular formula is C15H16ClN3O3. The third kappa shape index (κ3) is 4.08. The SMILES string of the molecule is CC(CNC(=O)c1cnn(Cc2ccccc2Cl)c1)C(=O)O. The maximum atomic E-state index is 11.9. The Morgan fingerprint density at radius 1 is 1.41 bits per heavy atom. The van der Waals surface area contributed by atoms with E-state index in [0.717, 1.165) is 5.56 Å². The number of carbonyl (C=O) groups is 2. The molecule has 1 unspecified atom stereocenters. The summed E-state index contributed by atoms with van der Waals surface area (Å²) in [6.45, 7) is 2.06. The van der Waals surface area contributed by atoms with E-state index in [1.54, 1.807) is 16.9 Å². The van der Waals surface area contributed by atoms with E-state index in [1.165, 1.54) is 13.1 Å². The number of benzene rings is 1. The lowest BCUT2D eigenvalue weighted by molar-refractivity contribution is -0.140. The molecule has 0 bridgehead atoms. The number of halogens is 1. The van der Waals surface area contributed by atoms with Crippen molar-refractivity contribution >= 4 is 23.5 Å². The van der Waals surface area contributed by atoms with Gasteiger partial charge in [0.15, 0.2) is 0 Å². The van der Waals surface area contributed by atoms with Gasteiger partial charge >= 0.3 is 5.97 Å². The molecule has 1 amide bonds. The summed E-state index contributed by atoms with van der Waals surface area (Å²) >= 11 is 6.08. The Bertz CT molecular complexity index is 684. The summed E-state index contributed by atoms with van der Waals surface area (Å²) < 4.78 is 1.61. The van der Waals surface area contributed by atoms with Crippen molar-refractivity contribution in [1.29, 1.82) is 0 Å². The van der Waals surface area contributed by atoms with Crippen LogP contribution >= 0.6 is 11.6 Å². The summed E-state index contributed by atoms with van der Waals surface area (Å²) in [5, 5.41) is 16.1. The molecule has 1 atom stereocenters. The topological polar surface area (TPSA) is 84.2 Å². The van der Waals surface area contributed by atoms with E-state index < -0.39 is 11.9 Å². The van der Waals surface area contributed by atoms with E-state index in [9.17, 15) is 9.59 Å². The maximum Gasteiger partial charge on any atom is 0.308 e. The Labute approximate surface area is 132 Å². The predicted molar refractivity (Wildman–Crippen MR) is 81.9 cm³/mol. The van der Waals surface area contributed by atoms with Crippen molar-refractivity contribution in [2.24, 2.45) is 5.92 Å². The van der Waals surface area contributed by atoms with Gasteiger partial charge in [-0.15, -0.1) is 0 Å². The van der Waals surface area contributed by atoms with Crippen LogP contribution in [0, 0.1) is 5.92 Å². The number of aliphatic carboxylic acids is 1. The van der Waals surface area contributed by atoms with Crippen LogP contribution in [0.5, 0.6) is 0 Å². The molecule has 2 rings (SSSR count). The summed E-state index contributed by atoms with van der Waals surface area (Å²) in [6.07, 6.45) is 3.04. The standard InChI is InChI=1S/C15H16ClN3O3/c1-10(15(21)22)6-17-14(20)12-7-18-19(9-12)8-11-4-2-3-5-13(11)16/h2-5,7,9-10H,6,8H2,1H3,(H,17,20)(H,21,22). The third-order valence-corrected chi connectivity index (χ3v) is 3.54. The van der Waals surface area contributed by atoms with Crippen molar-refractivity contribution in [1.82, 2.24) is 15.1 Å². The highest BCUT2D eigenvalue weighted by Crippen LogP contribution is 2.16. The molecule has 0 aliphatic rings. The van der Waals surface area contributed by atoms with E-state index in [-0.39, 0.29) is 12.5 Å². The fourth-order valence-electron chi connectivity index (χ4n) is 1.80. The first-order chi connectivity index (χ1) is 10.5. The Hall–Kier alpha value is -2.34. The molecule has 0 saturated heterocycles. The Morgan fingerprint density at radius 2 is 2.14 bits per heavy atom. The van der Waals surface area contributed by atoms with E-state index in [1.807, 2.05) is 18.2 Å². The van der Waals surface area contributed by atoms with Crippen molar-refractivity contribution in [2.45, 2.75) is 13.5 Å². The summed E-state index contributed by atoms with van der Waals surface area (Å²) in [5.74, 6) is -1.93. The Kier molecular flexibility index (Phi) is 5.16. The van der Waals surface area contributed by atoms with Crippen LogP contribution in [0.25, 0.3) is 0 Å². The summed E-state index contributed by atoms with van der Waals surface area (Å²) in [4.78, 5) is 22.6. The van der Waals surface area contributed by atoms with E-state index >= 15 is 0 Å². The third-order valence-electron chi connectivity index (χ3n) is 3.18. The van der Waals surface area contributed by atoms with E-state index in [0.29, 0.717) is 17.1 Å². The minimum absolute atomic E-state index is 0.0733. The van der Waals surface area contributed by atoms with Gasteiger partial charge in [0, 0.05) is 17.8 Å². The average Bonchev–Trinajstić information content (AvgIpc) is 2.95. The lowest BCUT2D eigenvalue weighted by Gasteiger charge is -2.07. The monoisotopic (exact) mass is 321 g/mol. The van der Waals surface area contributed by atoms with Crippen LogP contribution in [0.15, 0.2) is 36.7 Å². The first-order valence-electron chi connectivity index (χ1n) is 6.74. The molecule has 0 radical (unpaired) electrons. The molecule has 2 aromatic rings. The minimum Gasteiger partial charge on any atom is -0.481 e. The molecule has 6 nitrogen and oxygen atoms in total. The number of hydrogen-bond acceptors (Lipinski definition) is 3. The average molecular weight is 322 g/mol. The smallest absolute Gasteiger partial charge is 0.308 e. The fraction of sp³-hybridized carbons (Fsp3) is 0.267. The lowest BCUT2D eigenvalue weighted by Crippen LogP contribution is -2.31. The minimum atomic E-state index is -0.949. The quantitative estimate of drug-likeness (QED) is 0.852. The van der Waals surface area contributed by atoms with Crippen LogP contribution in [0.4, 0.5) is 0 Å². The number of rotatable bonds is 6. The number of nitrogens with one attached hydrogen (secondary N) is 1. The van der Waals surface area contributed by atoms with Gasteiger partial charge in [-0.1, -0.05) is 36.7 Å². The summed E-state index contributed by atoms with van der Waals surface area (Å²) in [7, 11) is 0. The number of amides is 1. The molecule has 0 spiro atoms. The number of carboxylic acid groups (broad SMARTS) is 1. The molecule has 2 N–H and O–H groups in total. The number of aromatic nitrogens is 2. The molecule has 0 aliphatic heterocycles. The molecule has 1 aromatic heterocycles. The second kappa shape index (κ2) is 7.09. The van der Waals surface area contributed by atoms with Gasteiger partial charge in [-0.2, -0.15) is 5.10 Å². The van der Waals surface area contributed by atoms with Gasteiger partial charge in [0.1, 0.15) is 0 Å². The van der Waals surface area contributed by atoms with Gasteiger partial charge in [-0.3, -0.25) is 14.3 Å². The number of nitrogens with zero attached hydrogens (tertiary/aromatic N) is 2. The molecule has 0 aliphatic carbocycles. The number of carbonyl (C=O) groups excluding carboxylic acids is 1.